The molecular weight excluding hydrogens is 333 g/mol. The quantitative estimate of drug-likeness (QED) is 0.747. The lowest BCUT2D eigenvalue weighted by atomic mass is 10.1. The molecule has 0 amide bonds. The number of methoxy groups -OCH3 is 1. The van der Waals surface area contributed by atoms with Crippen molar-refractivity contribution in [3.05, 3.63) is 46.8 Å². The molecule has 0 saturated carbocycles. The topological polar surface area (TPSA) is 106 Å². The molecule has 0 radical (unpaired) electrons. The van der Waals surface area contributed by atoms with E-state index >= 15 is 0 Å². The van der Waals surface area contributed by atoms with Crippen LogP contribution in [0.1, 0.15) is 13.2 Å². The van der Waals surface area contributed by atoms with Crippen molar-refractivity contribution in [3.8, 4) is 5.75 Å². The zero-order valence-electron chi connectivity index (χ0n) is 13.6. The van der Waals surface area contributed by atoms with Crippen LogP contribution in [0.5, 0.6) is 5.75 Å². The Balaban J connectivity index is 1.86. The number of nitrogens with zero attached hydrogens (tertiary/aromatic N) is 2. The zero-order valence-corrected chi connectivity index (χ0v) is 13.6. The van der Waals surface area contributed by atoms with E-state index in [4.69, 9.17) is 9.47 Å². The van der Waals surface area contributed by atoms with E-state index in [2.05, 4.69) is 10.3 Å². The van der Waals surface area contributed by atoms with Gasteiger partial charge in [-0.3, -0.25) is 4.57 Å². The fourth-order valence-corrected chi connectivity index (χ4v) is 2.58. The molecule has 4 atom stereocenters. The smallest absolute Gasteiger partial charge is 0.351 e. The van der Waals surface area contributed by atoms with Gasteiger partial charge in [0.15, 0.2) is 17.9 Å². The van der Waals surface area contributed by atoms with Crippen molar-refractivity contribution in [1.29, 1.82) is 0 Å². The molecule has 1 fully saturated rings. The van der Waals surface area contributed by atoms with Crippen molar-refractivity contribution in [2.24, 2.45) is 0 Å². The van der Waals surface area contributed by atoms with Crippen LogP contribution in [-0.4, -0.2) is 45.2 Å². The molecule has 9 heteroatoms. The second kappa shape index (κ2) is 6.79. The summed E-state index contributed by atoms with van der Waals surface area (Å²) in [6.07, 6.45) is -3.52. The van der Waals surface area contributed by atoms with Crippen molar-refractivity contribution < 1.29 is 24.1 Å². The first kappa shape index (κ1) is 17.3. The lowest BCUT2D eigenvalue weighted by Crippen LogP contribution is -2.35. The maximum atomic E-state index is 14.3. The highest BCUT2D eigenvalue weighted by Crippen LogP contribution is 2.28. The number of anilines is 2. The molecule has 25 heavy (non-hydrogen) atoms. The monoisotopic (exact) mass is 351 g/mol. The van der Waals surface area contributed by atoms with E-state index in [9.17, 15) is 19.4 Å². The lowest BCUT2D eigenvalue weighted by molar-refractivity contribution is -0.0355. The summed E-state index contributed by atoms with van der Waals surface area (Å²) in [5.41, 5.74) is -0.298. The minimum absolute atomic E-state index is 0.257. The number of rotatable bonds is 4. The molecule has 0 unspecified atom stereocenters. The Labute approximate surface area is 142 Å². The summed E-state index contributed by atoms with van der Waals surface area (Å²) in [7, 11) is 1.53. The molecule has 1 aliphatic rings. The van der Waals surface area contributed by atoms with Gasteiger partial charge < -0.3 is 25.0 Å². The van der Waals surface area contributed by atoms with Crippen LogP contribution in [-0.2, 0) is 4.74 Å². The van der Waals surface area contributed by atoms with Gasteiger partial charge in [0.2, 0.25) is 0 Å². The second-order valence-electron chi connectivity index (χ2n) is 5.69. The maximum Gasteiger partial charge on any atom is 0.351 e. The Morgan fingerprint density at radius 3 is 2.52 bits per heavy atom. The van der Waals surface area contributed by atoms with Gasteiger partial charge in [0.25, 0.3) is 0 Å². The van der Waals surface area contributed by atoms with Gasteiger partial charge in [0.05, 0.1) is 19.4 Å². The fraction of sp³-hybridized carbons (Fsp3) is 0.375. The maximum absolute atomic E-state index is 14.3. The van der Waals surface area contributed by atoms with Crippen LogP contribution in [0.2, 0.25) is 0 Å². The SMILES string of the molecule is COc1ccc(Nc2nc(=O)n([C@@H]3O[C@H](C)[C@@H](O)[C@H]3O)cc2F)cc1. The van der Waals surface area contributed by atoms with Crippen LogP contribution in [0.4, 0.5) is 15.9 Å². The minimum atomic E-state index is -1.35. The average molecular weight is 351 g/mol. The van der Waals surface area contributed by atoms with Gasteiger partial charge in [-0.15, -0.1) is 0 Å². The summed E-state index contributed by atoms with van der Waals surface area (Å²) in [5.74, 6) is -0.429. The number of ether oxygens (including phenoxy) is 2. The number of nitrogens with one attached hydrogen (secondary N) is 1. The van der Waals surface area contributed by atoms with Crippen LogP contribution in [0, 0.1) is 5.82 Å². The molecule has 1 saturated heterocycles. The van der Waals surface area contributed by atoms with Gasteiger partial charge >= 0.3 is 5.69 Å². The van der Waals surface area contributed by atoms with E-state index < -0.39 is 36.0 Å². The van der Waals surface area contributed by atoms with E-state index in [1.807, 2.05) is 0 Å². The van der Waals surface area contributed by atoms with Gasteiger partial charge in [0, 0.05) is 5.69 Å². The molecule has 2 heterocycles. The predicted octanol–water partition coefficient (Wildman–Crippen LogP) is 0.774. The molecule has 134 valence electrons. The van der Waals surface area contributed by atoms with E-state index in [0.717, 1.165) is 10.8 Å². The first-order chi connectivity index (χ1) is 11.9. The van der Waals surface area contributed by atoms with E-state index in [-0.39, 0.29) is 5.82 Å². The minimum Gasteiger partial charge on any atom is -0.497 e. The number of benzene rings is 1. The van der Waals surface area contributed by atoms with E-state index in [0.29, 0.717) is 11.4 Å². The summed E-state index contributed by atoms with van der Waals surface area (Å²) < 4.78 is 25.5. The number of aliphatic hydroxyl groups excluding tert-OH is 2. The molecule has 1 aliphatic heterocycles. The van der Waals surface area contributed by atoms with Crippen LogP contribution in [0.3, 0.4) is 0 Å². The summed E-state index contributed by atoms with van der Waals surface area (Å²) in [4.78, 5) is 15.8. The summed E-state index contributed by atoms with van der Waals surface area (Å²) in [5, 5.41) is 22.4. The molecule has 8 nitrogen and oxygen atoms in total. The number of halogens is 1. The standard InChI is InChI=1S/C16H18FN3O5/c1-8-12(21)13(22)15(25-8)20-7-11(17)14(19-16(20)23)18-9-3-5-10(24-2)6-4-9/h3-8,12-13,15,21-22H,1-2H3,(H,18,19,23)/t8-,12-,13-,15-/m1/s1. The third kappa shape index (κ3) is 3.34. The highest BCUT2D eigenvalue weighted by atomic mass is 19.1. The second-order valence-corrected chi connectivity index (χ2v) is 5.69. The highest BCUT2D eigenvalue weighted by Gasteiger charge is 2.42. The molecule has 2 aromatic rings. The normalized spacial score (nSPS) is 25.8. The number of hydrogen-bond donors (Lipinski definition) is 3. The Hall–Kier alpha value is -2.49. The Morgan fingerprint density at radius 2 is 1.96 bits per heavy atom. The summed E-state index contributed by atoms with van der Waals surface area (Å²) in [6.45, 7) is 1.54. The molecule has 1 aromatic carbocycles. The first-order valence-corrected chi connectivity index (χ1v) is 7.62. The van der Waals surface area contributed by atoms with Crippen molar-refractivity contribution in [2.75, 3.05) is 12.4 Å². The van der Waals surface area contributed by atoms with Gasteiger partial charge in [0.1, 0.15) is 18.0 Å². The third-order valence-corrected chi connectivity index (χ3v) is 4.01. The van der Waals surface area contributed by atoms with E-state index in [1.54, 1.807) is 31.2 Å². The van der Waals surface area contributed by atoms with Gasteiger partial charge in [-0.1, -0.05) is 0 Å². The number of aliphatic hydroxyl groups is 2. The predicted molar refractivity (Wildman–Crippen MR) is 86.3 cm³/mol. The zero-order chi connectivity index (χ0) is 18.1. The van der Waals surface area contributed by atoms with Crippen molar-refractivity contribution in [2.45, 2.75) is 31.5 Å². The van der Waals surface area contributed by atoms with Crippen molar-refractivity contribution >= 4 is 11.5 Å². The average Bonchev–Trinajstić information content (AvgIpc) is 2.86. The lowest BCUT2D eigenvalue weighted by Gasteiger charge is -2.18. The molecule has 0 aliphatic carbocycles. The van der Waals surface area contributed by atoms with Gasteiger partial charge in [-0.2, -0.15) is 4.98 Å². The van der Waals surface area contributed by atoms with Crippen molar-refractivity contribution in [1.82, 2.24) is 9.55 Å². The van der Waals surface area contributed by atoms with Crippen LogP contribution < -0.4 is 15.7 Å². The fourth-order valence-electron chi connectivity index (χ4n) is 2.58. The number of aromatic nitrogens is 2. The molecule has 1 aromatic heterocycles. The largest absolute Gasteiger partial charge is 0.497 e. The van der Waals surface area contributed by atoms with Gasteiger partial charge in [-0.05, 0) is 31.2 Å². The molecular formula is C16H18FN3O5. The van der Waals surface area contributed by atoms with Crippen LogP contribution in [0.15, 0.2) is 35.3 Å². The van der Waals surface area contributed by atoms with Crippen LogP contribution in [0.25, 0.3) is 0 Å². The third-order valence-electron chi connectivity index (χ3n) is 4.01. The van der Waals surface area contributed by atoms with Gasteiger partial charge in [-0.25, -0.2) is 9.18 Å². The molecule has 3 N–H and O–H groups in total. The molecule has 0 bridgehead atoms. The van der Waals surface area contributed by atoms with Crippen LogP contribution >= 0.6 is 0 Å². The highest BCUT2D eigenvalue weighted by molar-refractivity contribution is 5.57. The summed E-state index contributed by atoms with van der Waals surface area (Å²) in [6, 6.07) is 6.64. The van der Waals surface area contributed by atoms with E-state index in [1.165, 1.54) is 7.11 Å². The Morgan fingerprint density at radius 1 is 1.28 bits per heavy atom. The van der Waals surface area contributed by atoms with Crippen molar-refractivity contribution in [3.63, 3.8) is 0 Å². The Bertz CT molecular complexity index is 810. The first-order valence-electron chi connectivity index (χ1n) is 7.62. The molecule has 3 rings (SSSR count). The summed E-state index contributed by atoms with van der Waals surface area (Å²) >= 11 is 0. The number of hydrogen-bond acceptors (Lipinski definition) is 7. The molecule has 0 spiro atoms. The Kier molecular flexibility index (Phi) is 4.71.